The Bertz CT molecular complexity index is 445. The SMILES string of the molecule is CC(C)N[C@@H](C)c1ccc(N2CCC[C@H](C)C2)c(F)c1. The van der Waals surface area contributed by atoms with Gasteiger partial charge < -0.3 is 10.2 Å². The van der Waals surface area contributed by atoms with Gasteiger partial charge in [0, 0.05) is 25.2 Å². The molecule has 0 unspecified atom stereocenters. The van der Waals surface area contributed by atoms with E-state index in [-0.39, 0.29) is 11.9 Å². The summed E-state index contributed by atoms with van der Waals surface area (Å²) >= 11 is 0. The molecular formula is C17H27FN2. The Morgan fingerprint density at radius 1 is 1.30 bits per heavy atom. The van der Waals surface area contributed by atoms with Gasteiger partial charge in [-0.15, -0.1) is 0 Å². The second kappa shape index (κ2) is 6.57. The summed E-state index contributed by atoms with van der Waals surface area (Å²) in [5.74, 6) is 0.568. The zero-order chi connectivity index (χ0) is 14.7. The summed E-state index contributed by atoms with van der Waals surface area (Å²) in [5, 5.41) is 3.41. The monoisotopic (exact) mass is 278 g/mol. The lowest BCUT2D eigenvalue weighted by Gasteiger charge is -2.33. The predicted octanol–water partition coefficient (Wildman–Crippen LogP) is 4.12. The topological polar surface area (TPSA) is 15.3 Å². The standard InChI is InChI=1S/C17H27FN2/c1-12(2)19-14(4)15-7-8-17(16(18)10-15)20-9-5-6-13(3)11-20/h7-8,10,12-14,19H,5-6,9,11H2,1-4H3/t13-,14-/m0/s1. The molecule has 2 nitrogen and oxygen atoms in total. The van der Waals surface area contributed by atoms with Gasteiger partial charge in [-0.3, -0.25) is 0 Å². The maximum atomic E-state index is 14.4. The highest BCUT2D eigenvalue weighted by Crippen LogP contribution is 2.27. The molecule has 0 spiro atoms. The van der Waals surface area contributed by atoms with E-state index in [2.05, 4.69) is 44.0 Å². The first-order chi connectivity index (χ1) is 9.47. The van der Waals surface area contributed by atoms with E-state index in [0.717, 1.165) is 30.8 Å². The molecule has 0 amide bonds. The number of hydrogen-bond acceptors (Lipinski definition) is 2. The van der Waals surface area contributed by atoms with Crippen molar-refractivity contribution in [1.82, 2.24) is 5.32 Å². The third-order valence-electron chi connectivity index (χ3n) is 4.05. The Morgan fingerprint density at radius 2 is 2.05 bits per heavy atom. The summed E-state index contributed by atoms with van der Waals surface area (Å²) < 4.78 is 14.4. The van der Waals surface area contributed by atoms with E-state index < -0.39 is 0 Å². The summed E-state index contributed by atoms with van der Waals surface area (Å²) in [7, 11) is 0. The van der Waals surface area contributed by atoms with Crippen LogP contribution < -0.4 is 10.2 Å². The Kier molecular flexibility index (Phi) is 5.03. The van der Waals surface area contributed by atoms with Gasteiger partial charge in [0.05, 0.1) is 5.69 Å². The molecule has 0 aromatic heterocycles. The second-order valence-corrected chi connectivity index (χ2v) is 6.45. The van der Waals surface area contributed by atoms with Crippen molar-refractivity contribution < 1.29 is 4.39 Å². The van der Waals surface area contributed by atoms with Crippen LogP contribution in [0, 0.1) is 11.7 Å². The van der Waals surface area contributed by atoms with Gasteiger partial charge in [-0.1, -0.05) is 26.8 Å². The van der Waals surface area contributed by atoms with Gasteiger partial charge in [-0.25, -0.2) is 4.39 Å². The lowest BCUT2D eigenvalue weighted by molar-refractivity contribution is 0.441. The van der Waals surface area contributed by atoms with Gasteiger partial charge >= 0.3 is 0 Å². The summed E-state index contributed by atoms with van der Waals surface area (Å²) in [6.45, 7) is 10.5. The van der Waals surface area contributed by atoms with Gasteiger partial charge in [0.15, 0.2) is 0 Å². The smallest absolute Gasteiger partial charge is 0.146 e. The molecular weight excluding hydrogens is 251 g/mol. The molecule has 1 aromatic carbocycles. The van der Waals surface area contributed by atoms with E-state index in [0.29, 0.717) is 12.0 Å². The second-order valence-electron chi connectivity index (χ2n) is 6.45. The molecule has 1 aromatic rings. The van der Waals surface area contributed by atoms with Crippen LogP contribution in [0.15, 0.2) is 18.2 Å². The maximum absolute atomic E-state index is 14.4. The minimum absolute atomic E-state index is 0.0889. The van der Waals surface area contributed by atoms with Crippen molar-refractivity contribution >= 4 is 5.69 Å². The fourth-order valence-corrected chi connectivity index (χ4v) is 3.05. The fourth-order valence-electron chi connectivity index (χ4n) is 3.05. The first-order valence-electron chi connectivity index (χ1n) is 7.78. The van der Waals surface area contributed by atoms with Crippen LogP contribution in [-0.2, 0) is 0 Å². The number of hydrogen-bond donors (Lipinski definition) is 1. The van der Waals surface area contributed by atoms with E-state index in [1.165, 1.54) is 6.42 Å². The molecule has 0 aliphatic carbocycles. The number of rotatable bonds is 4. The number of nitrogens with zero attached hydrogens (tertiary/aromatic N) is 1. The van der Waals surface area contributed by atoms with Crippen LogP contribution in [0.2, 0.25) is 0 Å². The minimum Gasteiger partial charge on any atom is -0.369 e. The Morgan fingerprint density at radius 3 is 2.65 bits per heavy atom. The van der Waals surface area contributed by atoms with Crippen molar-refractivity contribution in [3.63, 3.8) is 0 Å². The molecule has 1 heterocycles. The number of nitrogens with one attached hydrogen (secondary N) is 1. The molecule has 20 heavy (non-hydrogen) atoms. The van der Waals surface area contributed by atoms with Crippen molar-refractivity contribution in [1.29, 1.82) is 0 Å². The number of anilines is 1. The molecule has 1 aliphatic rings. The first kappa shape index (κ1) is 15.3. The van der Waals surface area contributed by atoms with E-state index >= 15 is 0 Å². The summed E-state index contributed by atoms with van der Waals surface area (Å²) in [6, 6.07) is 6.27. The maximum Gasteiger partial charge on any atom is 0.146 e. The Labute approximate surface area is 122 Å². The van der Waals surface area contributed by atoms with E-state index in [1.54, 1.807) is 6.07 Å². The van der Waals surface area contributed by atoms with Crippen molar-refractivity contribution in [3.05, 3.63) is 29.6 Å². The van der Waals surface area contributed by atoms with E-state index in [4.69, 9.17) is 0 Å². The van der Waals surface area contributed by atoms with E-state index in [1.807, 2.05) is 6.07 Å². The molecule has 0 bridgehead atoms. The number of benzene rings is 1. The lowest BCUT2D eigenvalue weighted by Crippen LogP contribution is -2.34. The highest BCUT2D eigenvalue weighted by molar-refractivity contribution is 5.50. The molecule has 0 saturated carbocycles. The highest BCUT2D eigenvalue weighted by Gasteiger charge is 2.20. The molecule has 1 aliphatic heterocycles. The van der Waals surface area contributed by atoms with Crippen molar-refractivity contribution in [2.24, 2.45) is 5.92 Å². The third kappa shape index (κ3) is 3.72. The average molecular weight is 278 g/mol. The molecule has 2 rings (SSSR count). The van der Waals surface area contributed by atoms with Crippen LogP contribution in [0.5, 0.6) is 0 Å². The summed E-state index contributed by atoms with van der Waals surface area (Å²) in [6.07, 6.45) is 2.42. The highest BCUT2D eigenvalue weighted by atomic mass is 19.1. The van der Waals surface area contributed by atoms with E-state index in [9.17, 15) is 4.39 Å². The summed E-state index contributed by atoms with van der Waals surface area (Å²) in [4.78, 5) is 2.19. The summed E-state index contributed by atoms with van der Waals surface area (Å²) in [5.41, 5.74) is 1.78. The minimum atomic E-state index is -0.0889. The zero-order valence-electron chi connectivity index (χ0n) is 13.1. The predicted molar refractivity (Wildman–Crippen MR) is 83.7 cm³/mol. The Hall–Kier alpha value is -1.09. The van der Waals surface area contributed by atoms with Crippen molar-refractivity contribution in [2.45, 2.75) is 52.6 Å². The molecule has 112 valence electrons. The quantitative estimate of drug-likeness (QED) is 0.891. The lowest BCUT2D eigenvalue weighted by atomic mass is 9.99. The fraction of sp³-hybridized carbons (Fsp3) is 0.647. The van der Waals surface area contributed by atoms with Crippen LogP contribution in [-0.4, -0.2) is 19.1 Å². The zero-order valence-corrected chi connectivity index (χ0v) is 13.1. The van der Waals surface area contributed by atoms with Crippen LogP contribution >= 0.6 is 0 Å². The largest absolute Gasteiger partial charge is 0.369 e. The van der Waals surface area contributed by atoms with Gasteiger partial charge in [0.25, 0.3) is 0 Å². The van der Waals surface area contributed by atoms with Crippen LogP contribution in [0.3, 0.4) is 0 Å². The van der Waals surface area contributed by atoms with Gasteiger partial charge in [-0.05, 0) is 43.4 Å². The third-order valence-corrected chi connectivity index (χ3v) is 4.05. The van der Waals surface area contributed by atoms with Crippen molar-refractivity contribution in [2.75, 3.05) is 18.0 Å². The Balaban J connectivity index is 2.13. The van der Waals surface area contributed by atoms with Gasteiger partial charge in [-0.2, -0.15) is 0 Å². The molecule has 2 atom stereocenters. The molecule has 3 heteroatoms. The first-order valence-corrected chi connectivity index (χ1v) is 7.78. The molecule has 0 radical (unpaired) electrons. The van der Waals surface area contributed by atoms with Crippen LogP contribution in [0.1, 0.15) is 52.1 Å². The van der Waals surface area contributed by atoms with Gasteiger partial charge in [0.2, 0.25) is 0 Å². The average Bonchev–Trinajstić information content (AvgIpc) is 2.37. The molecule has 1 fully saturated rings. The normalized spacial score (nSPS) is 21.3. The van der Waals surface area contributed by atoms with Crippen molar-refractivity contribution in [3.8, 4) is 0 Å². The molecule has 1 N–H and O–H groups in total. The number of halogens is 1. The number of piperidine rings is 1. The van der Waals surface area contributed by atoms with Gasteiger partial charge in [0.1, 0.15) is 5.82 Å². The van der Waals surface area contributed by atoms with Crippen LogP contribution in [0.25, 0.3) is 0 Å². The van der Waals surface area contributed by atoms with Crippen LogP contribution in [0.4, 0.5) is 10.1 Å². The molecule has 1 saturated heterocycles.